The lowest BCUT2D eigenvalue weighted by atomic mass is 9.97. The number of hydrogen-bond acceptors (Lipinski definition) is 0. The van der Waals surface area contributed by atoms with Gasteiger partial charge in [0.2, 0.25) is 0 Å². The zero-order chi connectivity index (χ0) is 5.11. The second-order valence-electron chi connectivity index (χ2n) is 1.41. The fourth-order valence-electron chi connectivity index (χ4n) is 0.453. The summed E-state index contributed by atoms with van der Waals surface area (Å²) in [6.07, 6.45) is 0. The Balaban J connectivity index is 0.000000490. The van der Waals surface area contributed by atoms with Gasteiger partial charge in [0.15, 0.2) is 0 Å². The Hall–Kier alpha value is -0.755. The van der Waals surface area contributed by atoms with Gasteiger partial charge in [-0.3, -0.25) is 0 Å². The SMILES string of the molecule is O.[B]c1ccccc1. The van der Waals surface area contributed by atoms with Crippen molar-refractivity contribution >= 4 is 13.3 Å². The van der Waals surface area contributed by atoms with Crippen molar-refractivity contribution < 1.29 is 5.48 Å². The van der Waals surface area contributed by atoms with Gasteiger partial charge in [-0.1, -0.05) is 35.8 Å². The van der Waals surface area contributed by atoms with E-state index in [0.717, 1.165) is 5.46 Å². The molecule has 1 nitrogen and oxygen atoms in total. The van der Waals surface area contributed by atoms with Crippen molar-refractivity contribution in [2.45, 2.75) is 0 Å². The molecule has 0 amide bonds. The lowest BCUT2D eigenvalue weighted by molar-refractivity contribution is 0.824. The molecule has 40 valence electrons. The summed E-state index contributed by atoms with van der Waals surface area (Å²) in [4.78, 5) is 0. The molecule has 0 saturated carbocycles. The van der Waals surface area contributed by atoms with Crippen molar-refractivity contribution in [3.8, 4) is 0 Å². The summed E-state index contributed by atoms with van der Waals surface area (Å²) in [5, 5.41) is 0. The van der Waals surface area contributed by atoms with Gasteiger partial charge in [-0.2, -0.15) is 0 Å². The fraction of sp³-hybridized carbons (Fsp3) is 0. The first-order valence-electron chi connectivity index (χ1n) is 2.20. The van der Waals surface area contributed by atoms with Crippen LogP contribution < -0.4 is 5.46 Å². The van der Waals surface area contributed by atoms with E-state index in [4.69, 9.17) is 7.85 Å². The van der Waals surface area contributed by atoms with E-state index in [1.807, 2.05) is 30.3 Å². The summed E-state index contributed by atoms with van der Waals surface area (Å²) in [5.41, 5.74) is 0.822. The van der Waals surface area contributed by atoms with Gasteiger partial charge in [0, 0.05) is 0 Å². The topological polar surface area (TPSA) is 31.5 Å². The van der Waals surface area contributed by atoms with Gasteiger partial charge in [-0.05, 0) is 0 Å². The molecule has 2 radical (unpaired) electrons. The Morgan fingerprint density at radius 2 is 1.50 bits per heavy atom. The first-order valence-corrected chi connectivity index (χ1v) is 2.20. The Bertz CT molecular complexity index is 138. The second-order valence-corrected chi connectivity index (χ2v) is 1.41. The van der Waals surface area contributed by atoms with Crippen molar-refractivity contribution in [1.29, 1.82) is 0 Å². The summed E-state index contributed by atoms with van der Waals surface area (Å²) in [7, 11) is 5.36. The molecule has 0 unspecified atom stereocenters. The van der Waals surface area contributed by atoms with E-state index in [2.05, 4.69) is 0 Å². The minimum Gasteiger partial charge on any atom is -0.412 e. The lowest BCUT2D eigenvalue weighted by Gasteiger charge is -1.83. The summed E-state index contributed by atoms with van der Waals surface area (Å²) in [6.45, 7) is 0. The number of benzene rings is 1. The summed E-state index contributed by atoms with van der Waals surface area (Å²) in [6, 6.07) is 9.49. The molecule has 0 aliphatic heterocycles. The Kier molecular flexibility index (Phi) is 2.96. The quantitative estimate of drug-likeness (QED) is 0.405. The van der Waals surface area contributed by atoms with E-state index in [-0.39, 0.29) is 5.48 Å². The fourth-order valence-corrected chi connectivity index (χ4v) is 0.453. The number of rotatable bonds is 0. The molecule has 2 heteroatoms. The average Bonchev–Trinajstić information content (AvgIpc) is 1.69. The average molecular weight is 106 g/mol. The molecule has 1 rings (SSSR count). The van der Waals surface area contributed by atoms with Gasteiger partial charge in [0.05, 0.1) is 0 Å². The Labute approximate surface area is 50.1 Å². The second kappa shape index (κ2) is 3.27. The summed E-state index contributed by atoms with van der Waals surface area (Å²) in [5.74, 6) is 0. The van der Waals surface area contributed by atoms with Crippen LogP contribution in [0, 0.1) is 0 Å². The van der Waals surface area contributed by atoms with E-state index in [1.165, 1.54) is 0 Å². The highest BCUT2D eigenvalue weighted by atomic mass is 16.0. The highest BCUT2D eigenvalue weighted by Gasteiger charge is 1.71. The smallest absolute Gasteiger partial charge is 0.113 e. The van der Waals surface area contributed by atoms with Crippen LogP contribution in [-0.2, 0) is 0 Å². The molecule has 0 aliphatic rings. The van der Waals surface area contributed by atoms with Crippen molar-refractivity contribution in [2.24, 2.45) is 0 Å². The predicted octanol–water partition coefficient (Wildman–Crippen LogP) is -0.344. The van der Waals surface area contributed by atoms with E-state index in [1.54, 1.807) is 0 Å². The molecule has 0 aliphatic carbocycles. The maximum absolute atomic E-state index is 5.36. The van der Waals surface area contributed by atoms with Crippen LogP contribution in [0.5, 0.6) is 0 Å². The third-order valence-corrected chi connectivity index (χ3v) is 0.800. The van der Waals surface area contributed by atoms with Crippen LogP contribution in [0.1, 0.15) is 0 Å². The monoisotopic (exact) mass is 106 g/mol. The minimum atomic E-state index is 0. The number of hydrogen-bond donors (Lipinski definition) is 0. The maximum atomic E-state index is 5.36. The highest BCUT2D eigenvalue weighted by molar-refractivity contribution is 6.32. The van der Waals surface area contributed by atoms with Gasteiger partial charge < -0.3 is 5.48 Å². The molecular formula is C6H7BO. The molecule has 0 spiro atoms. The van der Waals surface area contributed by atoms with E-state index in [0.29, 0.717) is 0 Å². The third-order valence-electron chi connectivity index (χ3n) is 0.800. The first kappa shape index (κ1) is 7.24. The molecule has 0 fully saturated rings. The molecule has 0 atom stereocenters. The molecule has 8 heavy (non-hydrogen) atoms. The Morgan fingerprint density at radius 1 is 1.00 bits per heavy atom. The van der Waals surface area contributed by atoms with Gasteiger partial charge in [-0.25, -0.2) is 0 Å². The van der Waals surface area contributed by atoms with Crippen molar-refractivity contribution in [3.63, 3.8) is 0 Å². The van der Waals surface area contributed by atoms with Crippen LogP contribution in [0.25, 0.3) is 0 Å². The molecule has 0 aromatic heterocycles. The first-order chi connectivity index (χ1) is 3.39. The zero-order valence-electron chi connectivity index (χ0n) is 4.46. The van der Waals surface area contributed by atoms with Crippen molar-refractivity contribution in [1.82, 2.24) is 0 Å². The van der Waals surface area contributed by atoms with Gasteiger partial charge in [-0.15, -0.1) is 0 Å². The van der Waals surface area contributed by atoms with Gasteiger partial charge >= 0.3 is 0 Å². The van der Waals surface area contributed by atoms with Crippen LogP contribution in [0.4, 0.5) is 0 Å². The van der Waals surface area contributed by atoms with Crippen LogP contribution >= 0.6 is 0 Å². The highest BCUT2D eigenvalue weighted by Crippen LogP contribution is 1.76. The van der Waals surface area contributed by atoms with Crippen LogP contribution in [-0.4, -0.2) is 13.3 Å². The van der Waals surface area contributed by atoms with Crippen LogP contribution in [0.2, 0.25) is 0 Å². The predicted molar refractivity (Wildman–Crippen MR) is 35.4 cm³/mol. The van der Waals surface area contributed by atoms with E-state index >= 15 is 0 Å². The summed E-state index contributed by atoms with van der Waals surface area (Å²) < 4.78 is 0. The van der Waals surface area contributed by atoms with Crippen LogP contribution in [0.15, 0.2) is 30.3 Å². The van der Waals surface area contributed by atoms with Crippen molar-refractivity contribution in [3.05, 3.63) is 30.3 Å². The standard InChI is InChI=1S/C6H5B.H2O/c7-6-4-2-1-3-5-6;/h1-5H;1H2. The molecule has 1 aromatic carbocycles. The van der Waals surface area contributed by atoms with E-state index in [9.17, 15) is 0 Å². The maximum Gasteiger partial charge on any atom is 0.113 e. The largest absolute Gasteiger partial charge is 0.412 e. The van der Waals surface area contributed by atoms with Crippen molar-refractivity contribution in [2.75, 3.05) is 0 Å². The van der Waals surface area contributed by atoms with Gasteiger partial charge in [0.25, 0.3) is 0 Å². The molecule has 2 N–H and O–H groups in total. The van der Waals surface area contributed by atoms with Gasteiger partial charge in [0.1, 0.15) is 7.85 Å². The lowest BCUT2D eigenvalue weighted by Crippen LogP contribution is -1.97. The Morgan fingerprint density at radius 3 is 1.75 bits per heavy atom. The van der Waals surface area contributed by atoms with E-state index < -0.39 is 0 Å². The van der Waals surface area contributed by atoms with Crippen LogP contribution in [0.3, 0.4) is 0 Å². The molecular weight excluding hydrogens is 98.9 g/mol. The third kappa shape index (κ3) is 1.80. The minimum absolute atomic E-state index is 0. The summed E-state index contributed by atoms with van der Waals surface area (Å²) >= 11 is 0. The molecule has 0 saturated heterocycles. The molecule has 0 heterocycles. The molecule has 0 bridgehead atoms. The zero-order valence-corrected chi connectivity index (χ0v) is 4.46. The normalized spacial score (nSPS) is 7.50. The molecule has 1 aromatic rings.